The number of ether oxygens (including phenoxy) is 2. The third kappa shape index (κ3) is 7.26. The van der Waals surface area contributed by atoms with E-state index >= 15 is 0 Å². The second-order valence-corrected chi connectivity index (χ2v) is 19.5. The normalized spacial score (nSPS) is 29.7. The van der Waals surface area contributed by atoms with Gasteiger partial charge in [-0.1, -0.05) is 50.1 Å². The zero-order valence-electron chi connectivity index (χ0n) is 32.7. The van der Waals surface area contributed by atoms with Crippen LogP contribution in [-0.4, -0.2) is 82.7 Å². The highest BCUT2D eigenvalue weighted by Crippen LogP contribution is 2.56. The van der Waals surface area contributed by atoms with Gasteiger partial charge in [0.2, 0.25) is 21.8 Å². The van der Waals surface area contributed by atoms with Crippen LogP contribution in [0.2, 0.25) is 0 Å². The Labute approximate surface area is 329 Å². The number of rotatable bonds is 9. The van der Waals surface area contributed by atoms with Crippen molar-refractivity contribution in [3.8, 4) is 5.75 Å². The summed E-state index contributed by atoms with van der Waals surface area (Å²) in [5, 5.41) is 6.86. The van der Waals surface area contributed by atoms with Crippen LogP contribution in [-0.2, 0) is 35.6 Å². The van der Waals surface area contributed by atoms with E-state index in [1.165, 1.54) is 4.90 Å². The van der Waals surface area contributed by atoms with Crippen LogP contribution >= 0.6 is 0 Å². The largest absolute Gasteiger partial charge is 0.486 e. The molecule has 0 radical (unpaired) electrons. The van der Waals surface area contributed by atoms with Gasteiger partial charge in [-0.05, 0) is 103 Å². The number of amides is 4. The van der Waals surface area contributed by atoms with Crippen molar-refractivity contribution in [2.75, 3.05) is 6.54 Å². The Hall–Kier alpha value is -4.20. The van der Waals surface area contributed by atoms with E-state index in [2.05, 4.69) is 15.4 Å². The van der Waals surface area contributed by atoms with Gasteiger partial charge in [-0.25, -0.2) is 18.2 Å². The van der Waals surface area contributed by atoms with Crippen molar-refractivity contribution in [3.05, 3.63) is 47.7 Å². The van der Waals surface area contributed by atoms with Crippen LogP contribution in [0.3, 0.4) is 0 Å². The summed E-state index contributed by atoms with van der Waals surface area (Å²) in [6.07, 6.45) is 12.3. The number of allylic oxidation sites excluding steroid dienone is 1. The molecule has 3 N–H and O–H groups in total. The number of para-hydroxylation sites is 1. The van der Waals surface area contributed by atoms with Crippen LogP contribution < -0.4 is 20.1 Å². The first-order valence-electron chi connectivity index (χ1n) is 20.7. The average molecular weight is 790 g/mol. The number of pyridine rings is 1. The van der Waals surface area contributed by atoms with E-state index in [1.807, 2.05) is 50.3 Å². The van der Waals surface area contributed by atoms with E-state index in [0.717, 1.165) is 55.0 Å². The van der Waals surface area contributed by atoms with Crippen LogP contribution in [0.1, 0.15) is 115 Å². The fourth-order valence-corrected chi connectivity index (χ4v) is 10.4. The Morgan fingerprint density at radius 1 is 1.02 bits per heavy atom. The van der Waals surface area contributed by atoms with Crippen molar-refractivity contribution in [2.24, 2.45) is 11.8 Å². The minimum Gasteiger partial charge on any atom is -0.486 e. The molecule has 1 saturated heterocycles. The van der Waals surface area contributed by atoms with E-state index in [-0.39, 0.29) is 19.4 Å². The maximum Gasteiger partial charge on any atom is 0.408 e. The number of aromatic nitrogens is 1. The first-order chi connectivity index (χ1) is 26.8. The molecule has 1 aromatic heterocycles. The van der Waals surface area contributed by atoms with Crippen molar-refractivity contribution in [1.82, 2.24) is 25.2 Å². The lowest BCUT2D eigenvalue weighted by Crippen LogP contribution is -2.70. The molecule has 0 bridgehead atoms. The van der Waals surface area contributed by atoms with Gasteiger partial charge in [0.05, 0.1) is 22.5 Å². The maximum atomic E-state index is 14.8. The summed E-state index contributed by atoms with van der Waals surface area (Å²) in [6.45, 7) is 5.60. The first kappa shape index (κ1) is 38.7. The number of fused-ring (bicyclic) bond motifs is 3. The molecule has 13 nitrogen and oxygen atoms in total. The summed E-state index contributed by atoms with van der Waals surface area (Å²) in [5.74, 6) is -1.20. The molecule has 14 heteroatoms. The topological polar surface area (TPSA) is 173 Å². The van der Waals surface area contributed by atoms with E-state index < -0.39 is 73.8 Å². The molecule has 4 amide bonds. The molecule has 5 unspecified atom stereocenters. The summed E-state index contributed by atoms with van der Waals surface area (Å²) >= 11 is 0. The molecule has 5 atom stereocenters. The molecule has 6 aliphatic rings. The lowest BCUT2D eigenvalue weighted by molar-refractivity contribution is -0.144. The molecule has 2 aliphatic heterocycles. The number of benzene rings is 1. The highest BCUT2D eigenvalue weighted by molar-refractivity contribution is 7.91. The molecule has 302 valence electrons. The van der Waals surface area contributed by atoms with Crippen molar-refractivity contribution >= 4 is 44.7 Å². The van der Waals surface area contributed by atoms with Crippen LogP contribution in [0, 0.1) is 18.8 Å². The van der Waals surface area contributed by atoms with Gasteiger partial charge >= 0.3 is 6.09 Å². The second-order valence-electron chi connectivity index (χ2n) is 17.3. The Morgan fingerprint density at radius 3 is 2.46 bits per heavy atom. The van der Waals surface area contributed by atoms with E-state index in [9.17, 15) is 27.6 Å². The van der Waals surface area contributed by atoms with Crippen LogP contribution in [0.25, 0.3) is 10.9 Å². The molecular formula is C42H55N5O8S. The number of sulfonamides is 1. The summed E-state index contributed by atoms with van der Waals surface area (Å²) in [4.78, 5) is 63.3. The van der Waals surface area contributed by atoms with Gasteiger partial charge in [0.1, 0.15) is 35.1 Å². The Bertz CT molecular complexity index is 2060. The molecule has 56 heavy (non-hydrogen) atoms. The molecule has 0 spiro atoms. The molecule has 3 heterocycles. The van der Waals surface area contributed by atoms with Gasteiger partial charge in [0.15, 0.2) is 0 Å². The Morgan fingerprint density at radius 2 is 1.79 bits per heavy atom. The number of hydrogen-bond donors (Lipinski definition) is 3. The van der Waals surface area contributed by atoms with Crippen LogP contribution in [0.5, 0.6) is 5.75 Å². The number of nitrogens with zero attached hydrogens (tertiary/aromatic N) is 2. The van der Waals surface area contributed by atoms with E-state index in [1.54, 1.807) is 6.92 Å². The number of aryl methyl sites for hydroxylation is 2. The number of nitrogens with one attached hydrogen (secondary N) is 3. The standard InChI is InChI=1S/C42H55N5O8S/c1-4-30-31-13-10-11-14-32(31)43-26(2)35(30)54-29-24-34-36(48)45-42(38(50)46-56(52,53)40(3)20-21-40)19-18-28(42)12-8-6-5-7-9-15-33(37(49)47(34)25-29)44-39(51)55-41(22-23-41)27-16-17-27/h8,10-14,27-29,33-34H,4-7,9,15-25H2,1-3H3,(H,44,51)(H,45,48)(H,46,50). The fourth-order valence-electron chi connectivity index (χ4n) is 9.07. The highest BCUT2D eigenvalue weighted by atomic mass is 32.2. The van der Waals surface area contributed by atoms with Gasteiger partial charge in [-0.3, -0.25) is 19.1 Å². The maximum absolute atomic E-state index is 14.8. The van der Waals surface area contributed by atoms with Crippen molar-refractivity contribution in [2.45, 2.75) is 151 Å². The molecule has 5 fully saturated rings. The number of hydrogen-bond acceptors (Lipinski definition) is 9. The van der Waals surface area contributed by atoms with Gasteiger partial charge in [0.25, 0.3) is 5.91 Å². The fraction of sp³-hybridized carbons (Fsp3) is 0.643. The minimum absolute atomic E-state index is 0.0564. The lowest BCUT2D eigenvalue weighted by atomic mass is 9.65. The quantitative estimate of drug-likeness (QED) is 0.286. The van der Waals surface area contributed by atoms with Crippen LogP contribution in [0.4, 0.5) is 4.79 Å². The zero-order chi connectivity index (χ0) is 39.5. The summed E-state index contributed by atoms with van der Waals surface area (Å²) in [6, 6.07) is 5.85. The molecule has 8 rings (SSSR count). The molecule has 4 saturated carbocycles. The molecular weight excluding hydrogens is 735 g/mol. The first-order valence-corrected chi connectivity index (χ1v) is 22.2. The number of alkyl carbamates (subject to hydrolysis) is 1. The van der Waals surface area contributed by atoms with Crippen molar-refractivity contribution < 1.29 is 37.1 Å². The third-order valence-corrected chi connectivity index (χ3v) is 15.5. The zero-order valence-corrected chi connectivity index (χ0v) is 33.5. The number of carbonyl (C=O) groups excluding carboxylic acids is 4. The summed E-state index contributed by atoms with van der Waals surface area (Å²) in [5.41, 5.74) is 0.569. The third-order valence-electron chi connectivity index (χ3n) is 13.4. The predicted octanol–water partition coefficient (Wildman–Crippen LogP) is 5.28. The van der Waals surface area contributed by atoms with E-state index in [4.69, 9.17) is 14.5 Å². The van der Waals surface area contributed by atoms with Crippen molar-refractivity contribution in [3.63, 3.8) is 0 Å². The summed E-state index contributed by atoms with van der Waals surface area (Å²) < 4.78 is 40.6. The lowest BCUT2D eigenvalue weighted by Gasteiger charge is -2.47. The van der Waals surface area contributed by atoms with E-state index in [0.29, 0.717) is 62.3 Å². The molecule has 4 aliphatic carbocycles. The monoisotopic (exact) mass is 789 g/mol. The minimum atomic E-state index is -3.99. The highest BCUT2D eigenvalue weighted by Gasteiger charge is 2.59. The van der Waals surface area contributed by atoms with Gasteiger partial charge in [0, 0.05) is 23.3 Å². The Balaban J connectivity index is 1.11. The van der Waals surface area contributed by atoms with Gasteiger partial charge < -0.3 is 25.0 Å². The van der Waals surface area contributed by atoms with Gasteiger partial charge in [-0.15, -0.1) is 0 Å². The number of carbonyl (C=O) groups is 4. The molecule has 2 aromatic rings. The summed E-state index contributed by atoms with van der Waals surface area (Å²) in [7, 11) is -3.99. The molecule has 1 aromatic carbocycles. The van der Waals surface area contributed by atoms with Gasteiger partial charge in [-0.2, -0.15) is 0 Å². The smallest absolute Gasteiger partial charge is 0.408 e. The van der Waals surface area contributed by atoms with Crippen molar-refractivity contribution in [1.29, 1.82) is 0 Å². The predicted molar refractivity (Wildman–Crippen MR) is 209 cm³/mol. The SMILES string of the molecule is CCc1c(OC2CC3C(=O)NC4(C(=O)NS(=O)(=O)C5(C)CC5)CCC4C=CCCCCCC(NC(=O)OC4(C5CC5)CC4)C(=O)N3C2)c(C)nc2ccccc12. The van der Waals surface area contributed by atoms with Crippen LogP contribution in [0.15, 0.2) is 36.4 Å². The second kappa shape index (κ2) is 14.6. The average Bonchev–Trinajstić information content (AvgIpc) is 4.07. The Kier molecular flexibility index (Phi) is 10.1.